The first-order valence-electron chi connectivity index (χ1n) is 9.12. The maximum atomic E-state index is 12.0. The van der Waals surface area contributed by atoms with Crippen molar-refractivity contribution in [2.75, 3.05) is 18.0 Å². The fourth-order valence-corrected chi connectivity index (χ4v) is 3.32. The van der Waals surface area contributed by atoms with Crippen LogP contribution in [0.2, 0.25) is 0 Å². The molecule has 1 fully saturated rings. The molecule has 2 aromatic heterocycles. The molecule has 0 saturated carbocycles. The zero-order chi connectivity index (χ0) is 17.6. The number of anilines is 1. The summed E-state index contributed by atoms with van der Waals surface area (Å²) < 4.78 is 1.57. The standard InChI is InChI=1S/C19H27N5O/c1-15(2)24-19(25)10-9-18(22-24)23-12-6-4-8-17(23)14-20-13-16-7-3-5-11-21-16/h3,5,7,9-11,15,17,20H,4,6,8,12-14H2,1-2H3. The van der Waals surface area contributed by atoms with Crippen molar-refractivity contribution < 1.29 is 0 Å². The van der Waals surface area contributed by atoms with Gasteiger partial charge in [0.15, 0.2) is 0 Å². The largest absolute Gasteiger partial charge is 0.351 e. The third-order valence-corrected chi connectivity index (χ3v) is 4.63. The van der Waals surface area contributed by atoms with Gasteiger partial charge in [-0.05, 0) is 51.3 Å². The van der Waals surface area contributed by atoms with Crippen LogP contribution in [-0.4, -0.2) is 33.9 Å². The van der Waals surface area contributed by atoms with E-state index in [9.17, 15) is 4.79 Å². The van der Waals surface area contributed by atoms with Crippen LogP contribution in [0.3, 0.4) is 0 Å². The van der Waals surface area contributed by atoms with E-state index in [1.54, 1.807) is 10.7 Å². The molecule has 25 heavy (non-hydrogen) atoms. The van der Waals surface area contributed by atoms with Gasteiger partial charge in [0.1, 0.15) is 5.82 Å². The highest BCUT2D eigenvalue weighted by Gasteiger charge is 2.24. The van der Waals surface area contributed by atoms with Gasteiger partial charge in [0.05, 0.1) is 11.7 Å². The van der Waals surface area contributed by atoms with Crippen LogP contribution >= 0.6 is 0 Å². The van der Waals surface area contributed by atoms with Crippen molar-refractivity contribution in [1.82, 2.24) is 20.1 Å². The summed E-state index contributed by atoms with van der Waals surface area (Å²) in [6.07, 6.45) is 5.36. The van der Waals surface area contributed by atoms with Gasteiger partial charge in [-0.2, -0.15) is 5.10 Å². The van der Waals surface area contributed by atoms with E-state index in [2.05, 4.69) is 20.3 Å². The van der Waals surface area contributed by atoms with Crippen molar-refractivity contribution in [2.45, 2.75) is 51.7 Å². The van der Waals surface area contributed by atoms with Gasteiger partial charge in [-0.1, -0.05) is 6.07 Å². The number of hydrogen-bond donors (Lipinski definition) is 1. The molecule has 134 valence electrons. The number of rotatable bonds is 6. The zero-order valence-electron chi connectivity index (χ0n) is 15.1. The summed E-state index contributed by atoms with van der Waals surface area (Å²) in [6.45, 7) is 6.61. The first kappa shape index (κ1) is 17.6. The average molecular weight is 341 g/mol. The molecule has 1 atom stereocenters. The van der Waals surface area contributed by atoms with Gasteiger partial charge in [-0.25, -0.2) is 4.68 Å². The summed E-state index contributed by atoms with van der Waals surface area (Å²) in [5, 5.41) is 8.12. The highest BCUT2D eigenvalue weighted by atomic mass is 16.1. The third-order valence-electron chi connectivity index (χ3n) is 4.63. The number of pyridine rings is 1. The Morgan fingerprint density at radius 1 is 1.24 bits per heavy atom. The van der Waals surface area contributed by atoms with E-state index >= 15 is 0 Å². The quantitative estimate of drug-likeness (QED) is 0.874. The Balaban J connectivity index is 1.68. The Kier molecular flexibility index (Phi) is 5.81. The molecule has 3 heterocycles. The smallest absolute Gasteiger partial charge is 0.267 e. The highest BCUT2D eigenvalue weighted by molar-refractivity contribution is 5.39. The lowest BCUT2D eigenvalue weighted by Crippen LogP contribution is -2.46. The number of aromatic nitrogens is 3. The molecular formula is C19H27N5O. The minimum absolute atomic E-state index is 0.0411. The van der Waals surface area contributed by atoms with E-state index in [1.807, 2.05) is 44.3 Å². The van der Waals surface area contributed by atoms with Crippen LogP contribution in [0.15, 0.2) is 41.3 Å². The molecule has 3 rings (SSSR count). The topological polar surface area (TPSA) is 63.1 Å². The lowest BCUT2D eigenvalue weighted by molar-refractivity contribution is 0.422. The summed E-state index contributed by atoms with van der Waals surface area (Å²) in [4.78, 5) is 18.7. The van der Waals surface area contributed by atoms with Gasteiger partial charge in [-0.3, -0.25) is 9.78 Å². The van der Waals surface area contributed by atoms with E-state index in [-0.39, 0.29) is 11.6 Å². The van der Waals surface area contributed by atoms with Crippen molar-refractivity contribution in [3.63, 3.8) is 0 Å². The Labute approximate surface area is 148 Å². The van der Waals surface area contributed by atoms with Gasteiger partial charge < -0.3 is 10.2 Å². The van der Waals surface area contributed by atoms with Crippen molar-refractivity contribution in [1.29, 1.82) is 0 Å². The van der Waals surface area contributed by atoms with E-state index in [0.29, 0.717) is 6.04 Å². The molecule has 0 aromatic carbocycles. The van der Waals surface area contributed by atoms with Crippen molar-refractivity contribution in [2.24, 2.45) is 0 Å². The Bertz CT molecular complexity index is 728. The fourth-order valence-electron chi connectivity index (χ4n) is 3.32. The SMILES string of the molecule is CC(C)n1nc(N2CCCCC2CNCc2ccccn2)ccc1=O. The van der Waals surface area contributed by atoms with Crippen LogP contribution in [0.5, 0.6) is 0 Å². The Morgan fingerprint density at radius 3 is 2.88 bits per heavy atom. The Morgan fingerprint density at radius 2 is 2.12 bits per heavy atom. The molecule has 0 radical (unpaired) electrons. The molecule has 0 aliphatic carbocycles. The number of hydrogen-bond acceptors (Lipinski definition) is 5. The number of piperidine rings is 1. The summed E-state index contributed by atoms with van der Waals surface area (Å²) in [7, 11) is 0. The molecule has 1 aliphatic rings. The highest BCUT2D eigenvalue weighted by Crippen LogP contribution is 2.22. The van der Waals surface area contributed by atoms with Gasteiger partial charge in [0.2, 0.25) is 0 Å². The van der Waals surface area contributed by atoms with Crippen molar-refractivity contribution >= 4 is 5.82 Å². The zero-order valence-corrected chi connectivity index (χ0v) is 15.1. The molecule has 1 aliphatic heterocycles. The second-order valence-electron chi connectivity index (χ2n) is 6.86. The molecule has 0 amide bonds. The summed E-state index contributed by atoms with van der Waals surface area (Å²) in [5.74, 6) is 0.901. The van der Waals surface area contributed by atoms with Crippen LogP contribution in [0, 0.1) is 0 Å². The van der Waals surface area contributed by atoms with E-state index in [0.717, 1.165) is 37.6 Å². The van der Waals surface area contributed by atoms with Crippen molar-refractivity contribution in [3.8, 4) is 0 Å². The van der Waals surface area contributed by atoms with Gasteiger partial charge in [-0.15, -0.1) is 0 Å². The average Bonchev–Trinajstić information content (AvgIpc) is 2.63. The lowest BCUT2D eigenvalue weighted by atomic mass is 10.0. The van der Waals surface area contributed by atoms with Gasteiger partial charge in [0, 0.05) is 37.9 Å². The molecule has 0 bridgehead atoms. The summed E-state index contributed by atoms with van der Waals surface area (Å²) in [5.41, 5.74) is 1.01. The van der Waals surface area contributed by atoms with Crippen LogP contribution < -0.4 is 15.8 Å². The van der Waals surface area contributed by atoms with E-state index in [4.69, 9.17) is 0 Å². The van der Waals surface area contributed by atoms with E-state index < -0.39 is 0 Å². The molecular weight excluding hydrogens is 314 g/mol. The minimum Gasteiger partial charge on any atom is -0.351 e. The second kappa shape index (κ2) is 8.25. The predicted molar refractivity (Wildman–Crippen MR) is 99.8 cm³/mol. The number of nitrogens with zero attached hydrogens (tertiary/aromatic N) is 4. The normalized spacial score (nSPS) is 17.9. The minimum atomic E-state index is -0.0411. The lowest BCUT2D eigenvalue weighted by Gasteiger charge is -2.37. The maximum absolute atomic E-state index is 12.0. The first-order valence-corrected chi connectivity index (χ1v) is 9.12. The van der Waals surface area contributed by atoms with Crippen molar-refractivity contribution in [3.05, 3.63) is 52.6 Å². The maximum Gasteiger partial charge on any atom is 0.267 e. The summed E-state index contributed by atoms with van der Waals surface area (Å²) >= 11 is 0. The molecule has 6 nitrogen and oxygen atoms in total. The molecule has 6 heteroatoms. The van der Waals surface area contributed by atoms with Crippen LogP contribution in [0.25, 0.3) is 0 Å². The predicted octanol–water partition coefficient (Wildman–Crippen LogP) is 2.37. The Hall–Kier alpha value is -2.21. The third kappa shape index (κ3) is 4.45. The van der Waals surface area contributed by atoms with E-state index in [1.165, 1.54) is 12.8 Å². The molecule has 1 N–H and O–H groups in total. The van der Waals surface area contributed by atoms with Crippen LogP contribution in [0.1, 0.15) is 44.8 Å². The molecule has 1 saturated heterocycles. The first-order chi connectivity index (χ1) is 12.1. The van der Waals surface area contributed by atoms with Gasteiger partial charge >= 0.3 is 0 Å². The molecule has 1 unspecified atom stereocenters. The number of nitrogens with one attached hydrogen (secondary N) is 1. The van der Waals surface area contributed by atoms with Crippen LogP contribution in [0.4, 0.5) is 5.82 Å². The molecule has 2 aromatic rings. The monoisotopic (exact) mass is 341 g/mol. The second-order valence-corrected chi connectivity index (χ2v) is 6.86. The molecule has 0 spiro atoms. The van der Waals surface area contributed by atoms with Gasteiger partial charge in [0.25, 0.3) is 5.56 Å². The summed E-state index contributed by atoms with van der Waals surface area (Å²) in [6, 6.07) is 9.93. The fraction of sp³-hybridized carbons (Fsp3) is 0.526. The van der Waals surface area contributed by atoms with Crippen LogP contribution in [-0.2, 0) is 6.54 Å².